The van der Waals surface area contributed by atoms with Gasteiger partial charge in [0.05, 0.1) is 5.39 Å². The van der Waals surface area contributed by atoms with Gasteiger partial charge in [-0.2, -0.15) is 9.97 Å². The molecule has 0 spiro atoms. The summed E-state index contributed by atoms with van der Waals surface area (Å²) in [5, 5.41) is 11.3. The molecule has 4 rings (SSSR count). The van der Waals surface area contributed by atoms with E-state index in [1.807, 2.05) is 14.0 Å². The Morgan fingerprint density at radius 3 is 2.73 bits per heavy atom. The van der Waals surface area contributed by atoms with Crippen LogP contribution in [-0.2, 0) is 0 Å². The van der Waals surface area contributed by atoms with E-state index in [9.17, 15) is 0 Å². The van der Waals surface area contributed by atoms with Crippen molar-refractivity contribution in [1.29, 1.82) is 0 Å². The van der Waals surface area contributed by atoms with E-state index in [4.69, 9.17) is 0 Å². The number of aryl methyl sites for hydroxylation is 2. The molecule has 0 aromatic carbocycles. The number of aromatic nitrogens is 3. The zero-order valence-electron chi connectivity index (χ0n) is 13.3. The highest BCUT2D eigenvalue weighted by Gasteiger charge is 2.39. The molecular weight excluding hydrogens is 276 g/mol. The van der Waals surface area contributed by atoms with Crippen LogP contribution in [0.1, 0.15) is 30.5 Å². The zero-order valence-corrected chi connectivity index (χ0v) is 13.3. The number of pyridine rings is 1. The van der Waals surface area contributed by atoms with Crippen LogP contribution < -0.4 is 16.0 Å². The number of nitrogens with one attached hydrogen (secondary N) is 3. The first kappa shape index (κ1) is 13.7. The van der Waals surface area contributed by atoms with Gasteiger partial charge in [-0.25, -0.2) is 4.98 Å². The van der Waals surface area contributed by atoms with Crippen LogP contribution in [0.5, 0.6) is 0 Å². The van der Waals surface area contributed by atoms with E-state index in [1.165, 1.54) is 12.8 Å². The van der Waals surface area contributed by atoms with Crippen LogP contribution in [0.2, 0.25) is 0 Å². The predicted octanol–water partition coefficient (Wildman–Crippen LogP) is 1.99. The molecule has 6 nitrogen and oxygen atoms in total. The van der Waals surface area contributed by atoms with Crippen LogP contribution in [0.3, 0.4) is 0 Å². The number of anilines is 2. The van der Waals surface area contributed by atoms with Crippen molar-refractivity contribution in [3.05, 3.63) is 17.3 Å². The van der Waals surface area contributed by atoms with Gasteiger partial charge in [0, 0.05) is 30.9 Å². The molecule has 116 valence electrons. The van der Waals surface area contributed by atoms with Gasteiger partial charge in [-0.05, 0) is 44.7 Å². The van der Waals surface area contributed by atoms with E-state index in [2.05, 4.69) is 43.9 Å². The van der Waals surface area contributed by atoms with Crippen molar-refractivity contribution >= 4 is 22.8 Å². The first-order chi connectivity index (χ1) is 10.6. The standard InChI is InChI=1S/C16H22N6/c1-8-6-9(2)18-15-13(8)14(17-3)21-16(22-15)20-12-7-10-4-5-11(12)19-10/h6,10-12,19H,4-5,7H2,1-3H3,(H2,17,18,20,21,22)/t10-,11+,12+/m0/s1. The summed E-state index contributed by atoms with van der Waals surface area (Å²) in [5.41, 5.74) is 2.90. The molecule has 0 aliphatic carbocycles. The molecule has 4 heterocycles. The number of fused-ring (bicyclic) bond motifs is 3. The quantitative estimate of drug-likeness (QED) is 0.804. The topological polar surface area (TPSA) is 74.8 Å². The molecule has 3 atom stereocenters. The molecule has 6 heteroatoms. The van der Waals surface area contributed by atoms with Gasteiger partial charge >= 0.3 is 0 Å². The van der Waals surface area contributed by atoms with Crippen molar-refractivity contribution in [1.82, 2.24) is 20.3 Å². The number of hydrogen-bond donors (Lipinski definition) is 3. The monoisotopic (exact) mass is 298 g/mol. The summed E-state index contributed by atoms with van der Waals surface area (Å²) >= 11 is 0. The molecule has 0 amide bonds. The van der Waals surface area contributed by atoms with Crippen LogP contribution in [0.15, 0.2) is 6.07 Å². The summed E-state index contributed by atoms with van der Waals surface area (Å²) in [4.78, 5) is 13.9. The lowest BCUT2D eigenvalue weighted by molar-refractivity contribution is 0.525. The maximum Gasteiger partial charge on any atom is 0.227 e. The SMILES string of the molecule is CNc1nc(N[C@@H]2C[C@@H]3CC[C@H]2N3)nc2nc(C)cc(C)c12. The maximum atomic E-state index is 4.66. The Morgan fingerprint density at radius 2 is 2.05 bits per heavy atom. The molecule has 2 aromatic rings. The molecule has 2 fully saturated rings. The van der Waals surface area contributed by atoms with Gasteiger partial charge in [0.25, 0.3) is 0 Å². The minimum Gasteiger partial charge on any atom is -0.372 e. The summed E-state index contributed by atoms with van der Waals surface area (Å²) in [6.45, 7) is 4.08. The van der Waals surface area contributed by atoms with Crippen LogP contribution in [-0.4, -0.2) is 40.1 Å². The van der Waals surface area contributed by atoms with Gasteiger partial charge in [-0.15, -0.1) is 0 Å². The van der Waals surface area contributed by atoms with Crippen LogP contribution in [0.4, 0.5) is 11.8 Å². The van der Waals surface area contributed by atoms with Crippen molar-refractivity contribution < 1.29 is 0 Å². The Labute approximate surface area is 130 Å². The number of nitrogens with zero attached hydrogens (tertiary/aromatic N) is 3. The van der Waals surface area contributed by atoms with Gasteiger partial charge in [0.2, 0.25) is 5.95 Å². The predicted molar refractivity (Wildman–Crippen MR) is 88.3 cm³/mol. The van der Waals surface area contributed by atoms with E-state index >= 15 is 0 Å². The third kappa shape index (κ3) is 2.18. The van der Waals surface area contributed by atoms with Gasteiger partial charge in [0.1, 0.15) is 5.82 Å². The van der Waals surface area contributed by atoms with E-state index in [0.717, 1.165) is 34.5 Å². The molecule has 22 heavy (non-hydrogen) atoms. The van der Waals surface area contributed by atoms with Gasteiger partial charge in [-0.1, -0.05) is 0 Å². The zero-order chi connectivity index (χ0) is 15.3. The largest absolute Gasteiger partial charge is 0.372 e. The average Bonchev–Trinajstić information content (AvgIpc) is 3.08. The second kappa shape index (κ2) is 5.05. The lowest BCUT2D eigenvalue weighted by Crippen LogP contribution is -2.34. The molecule has 0 radical (unpaired) electrons. The Balaban J connectivity index is 1.72. The highest BCUT2D eigenvalue weighted by molar-refractivity contribution is 5.90. The fourth-order valence-corrected chi connectivity index (χ4v) is 3.87. The summed E-state index contributed by atoms with van der Waals surface area (Å²) in [5.74, 6) is 1.52. The lowest BCUT2D eigenvalue weighted by Gasteiger charge is -2.22. The third-order valence-corrected chi connectivity index (χ3v) is 4.84. The van der Waals surface area contributed by atoms with Crippen molar-refractivity contribution in [3.63, 3.8) is 0 Å². The van der Waals surface area contributed by atoms with E-state index in [1.54, 1.807) is 0 Å². The van der Waals surface area contributed by atoms with Crippen molar-refractivity contribution in [2.24, 2.45) is 0 Å². The first-order valence-corrected chi connectivity index (χ1v) is 8.00. The summed E-state index contributed by atoms with van der Waals surface area (Å²) in [7, 11) is 1.89. The fraction of sp³-hybridized carbons (Fsp3) is 0.562. The molecule has 2 saturated heterocycles. The van der Waals surface area contributed by atoms with E-state index in [-0.39, 0.29) is 0 Å². The maximum absolute atomic E-state index is 4.66. The van der Waals surface area contributed by atoms with E-state index in [0.29, 0.717) is 24.1 Å². The molecule has 2 aliphatic heterocycles. The second-order valence-corrected chi connectivity index (χ2v) is 6.46. The normalized spacial score (nSPS) is 26.6. The molecular formula is C16H22N6. The fourth-order valence-electron chi connectivity index (χ4n) is 3.87. The highest BCUT2D eigenvalue weighted by Crippen LogP contribution is 2.31. The Morgan fingerprint density at radius 1 is 1.18 bits per heavy atom. The first-order valence-electron chi connectivity index (χ1n) is 8.00. The van der Waals surface area contributed by atoms with Crippen molar-refractivity contribution in [2.45, 2.75) is 51.2 Å². The smallest absolute Gasteiger partial charge is 0.227 e. The van der Waals surface area contributed by atoms with Crippen LogP contribution in [0, 0.1) is 13.8 Å². The molecule has 0 saturated carbocycles. The van der Waals surface area contributed by atoms with E-state index < -0.39 is 0 Å². The van der Waals surface area contributed by atoms with Gasteiger partial charge in [0.15, 0.2) is 5.65 Å². The van der Waals surface area contributed by atoms with Gasteiger partial charge < -0.3 is 16.0 Å². The minimum atomic E-state index is 0.423. The average molecular weight is 298 g/mol. The molecule has 2 bridgehead atoms. The van der Waals surface area contributed by atoms with Crippen LogP contribution >= 0.6 is 0 Å². The van der Waals surface area contributed by atoms with Crippen LogP contribution in [0.25, 0.3) is 11.0 Å². The number of rotatable bonds is 3. The molecule has 2 aliphatic rings. The minimum absolute atomic E-state index is 0.423. The lowest BCUT2D eigenvalue weighted by atomic mass is 9.96. The highest BCUT2D eigenvalue weighted by atomic mass is 15.2. The second-order valence-electron chi connectivity index (χ2n) is 6.46. The Hall–Kier alpha value is -1.95. The van der Waals surface area contributed by atoms with Gasteiger partial charge in [-0.3, -0.25) is 0 Å². The van der Waals surface area contributed by atoms with Crippen molar-refractivity contribution in [2.75, 3.05) is 17.7 Å². The molecule has 3 N–H and O–H groups in total. The summed E-state index contributed by atoms with van der Waals surface area (Å²) < 4.78 is 0. The summed E-state index contributed by atoms with van der Waals surface area (Å²) in [6, 6.07) is 3.70. The Kier molecular flexibility index (Phi) is 3.14. The number of hydrogen-bond acceptors (Lipinski definition) is 6. The van der Waals surface area contributed by atoms with Crippen molar-refractivity contribution in [3.8, 4) is 0 Å². The third-order valence-electron chi connectivity index (χ3n) is 4.84. The molecule has 0 unspecified atom stereocenters. The molecule has 2 aromatic heterocycles. The Bertz CT molecular complexity index is 728. The summed E-state index contributed by atoms with van der Waals surface area (Å²) in [6.07, 6.45) is 3.69.